The van der Waals surface area contributed by atoms with Crippen LogP contribution in [0.2, 0.25) is 0 Å². The van der Waals surface area contributed by atoms with Crippen molar-refractivity contribution >= 4 is 11.3 Å². The Hall–Kier alpha value is -0.860. The van der Waals surface area contributed by atoms with Crippen molar-refractivity contribution in [3.63, 3.8) is 0 Å². The molecule has 1 aliphatic heterocycles. The first-order valence-electron chi connectivity index (χ1n) is 6.82. The molecule has 1 fully saturated rings. The number of thiophene rings is 1. The topological polar surface area (TPSA) is 43.7 Å². The van der Waals surface area contributed by atoms with Crippen molar-refractivity contribution < 1.29 is 10.2 Å². The molecule has 0 bridgehead atoms. The summed E-state index contributed by atoms with van der Waals surface area (Å²) < 4.78 is 0. The molecule has 0 aliphatic carbocycles. The molecule has 1 aliphatic rings. The van der Waals surface area contributed by atoms with Gasteiger partial charge in [0.15, 0.2) is 0 Å². The molecule has 0 amide bonds. The van der Waals surface area contributed by atoms with Crippen molar-refractivity contribution in [3.05, 3.63) is 21.9 Å². The molecular weight excluding hydrogens is 258 g/mol. The summed E-state index contributed by atoms with van der Waals surface area (Å²) in [5.74, 6) is 6.26. The summed E-state index contributed by atoms with van der Waals surface area (Å²) in [6.07, 6.45) is 3.40. The zero-order chi connectivity index (χ0) is 13.5. The third-order valence-corrected chi connectivity index (χ3v) is 4.41. The van der Waals surface area contributed by atoms with Gasteiger partial charge in [0.25, 0.3) is 0 Å². The smallest absolute Gasteiger partial charge is 0.104 e. The van der Waals surface area contributed by atoms with E-state index in [4.69, 9.17) is 10.2 Å². The van der Waals surface area contributed by atoms with E-state index in [1.807, 2.05) is 5.38 Å². The van der Waals surface area contributed by atoms with E-state index >= 15 is 0 Å². The molecule has 1 aromatic rings. The Balaban J connectivity index is 1.88. The van der Waals surface area contributed by atoms with Gasteiger partial charge < -0.3 is 10.2 Å². The largest absolute Gasteiger partial charge is 0.396 e. The summed E-state index contributed by atoms with van der Waals surface area (Å²) in [5.41, 5.74) is 0.998. The highest BCUT2D eigenvalue weighted by molar-refractivity contribution is 7.10. The summed E-state index contributed by atoms with van der Waals surface area (Å²) in [6.45, 7) is 3.44. The van der Waals surface area contributed by atoms with Crippen molar-refractivity contribution in [2.75, 3.05) is 26.3 Å². The molecule has 1 saturated heterocycles. The molecule has 0 saturated carbocycles. The van der Waals surface area contributed by atoms with Crippen LogP contribution in [-0.2, 0) is 6.54 Å². The van der Waals surface area contributed by atoms with Crippen LogP contribution in [-0.4, -0.2) is 41.4 Å². The lowest BCUT2D eigenvalue weighted by molar-refractivity contribution is 0.143. The first-order chi connectivity index (χ1) is 9.31. The SMILES string of the molecule is OCC#Cc1csc(CN2CCCC(CCO)C2)c1. The first kappa shape index (κ1) is 14.5. The Kier molecular flexibility index (Phi) is 5.87. The summed E-state index contributed by atoms with van der Waals surface area (Å²) >= 11 is 1.73. The Labute approximate surface area is 118 Å². The van der Waals surface area contributed by atoms with Crippen LogP contribution in [0.1, 0.15) is 29.7 Å². The maximum Gasteiger partial charge on any atom is 0.104 e. The highest BCUT2D eigenvalue weighted by Crippen LogP contribution is 2.23. The molecule has 0 radical (unpaired) electrons. The van der Waals surface area contributed by atoms with Crippen LogP contribution in [0.4, 0.5) is 0 Å². The van der Waals surface area contributed by atoms with Gasteiger partial charge in [0.2, 0.25) is 0 Å². The second-order valence-corrected chi connectivity index (χ2v) is 6.01. The fourth-order valence-corrected chi connectivity index (χ4v) is 3.46. The molecule has 1 aromatic heterocycles. The van der Waals surface area contributed by atoms with Crippen molar-refractivity contribution in [2.24, 2.45) is 5.92 Å². The Bertz CT molecular complexity index is 444. The molecule has 4 heteroatoms. The van der Waals surface area contributed by atoms with E-state index in [0.29, 0.717) is 12.5 Å². The van der Waals surface area contributed by atoms with Gasteiger partial charge in [-0.15, -0.1) is 11.3 Å². The second-order valence-electron chi connectivity index (χ2n) is 5.02. The predicted octanol–water partition coefficient (Wildman–Crippen LogP) is 1.69. The highest BCUT2D eigenvalue weighted by Gasteiger charge is 2.19. The van der Waals surface area contributed by atoms with Gasteiger partial charge in [-0.05, 0) is 37.8 Å². The van der Waals surface area contributed by atoms with Crippen LogP contribution < -0.4 is 0 Å². The second kappa shape index (κ2) is 7.66. The standard InChI is InChI=1S/C15H21NO2S/c17-7-2-4-14-9-15(19-12-14)11-16-6-1-3-13(10-16)5-8-18/h9,12-13,17-18H,1,3,5-8,10-11H2. The van der Waals surface area contributed by atoms with Crippen LogP contribution in [0.15, 0.2) is 11.4 Å². The molecule has 2 heterocycles. The van der Waals surface area contributed by atoms with Crippen LogP contribution >= 0.6 is 11.3 Å². The number of rotatable bonds is 4. The van der Waals surface area contributed by atoms with E-state index in [2.05, 4.69) is 22.8 Å². The molecule has 3 nitrogen and oxygen atoms in total. The molecule has 1 unspecified atom stereocenters. The predicted molar refractivity (Wildman–Crippen MR) is 78.0 cm³/mol. The maximum atomic E-state index is 9.03. The third-order valence-electron chi connectivity index (χ3n) is 3.49. The fourth-order valence-electron chi connectivity index (χ4n) is 2.60. The molecule has 104 valence electrons. The Morgan fingerprint density at radius 3 is 3.11 bits per heavy atom. The summed E-state index contributed by atoms with van der Waals surface area (Å²) in [5, 5.41) is 19.8. The molecular formula is C15H21NO2S. The van der Waals surface area contributed by atoms with Gasteiger partial charge in [-0.25, -0.2) is 0 Å². The van der Waals surface area contributed by atoms with E-state index in [1.165, 1.54) is 17.7 Å². The average Bonchev–Trinajstić information content (AvgIpc) is 2.85. The van der Waals surface area contributed by atoms with Crippen LogP contribution in [0.25, 0.3) is 0 Å². The van der Waals surface area contributed by atoms with Gasteiger partial charge >= 0.3 is 0 Å². The summed E-state index contributed by atoms with van der Waals surface area (Å²) in [7, 11) is 0. The van der Waals surface area contributed by atoms with Crippen molar-refractivity contribution in [1.82, 2.24) is 4.90 Å². The van der Waals surface area contributed by atoms with Crippen molar-refractivity contribution in [3.8, 4) is 11.8 Å². The van der Waals surface area contributed by atoms with Crippen LogP contribution in [0.3, 0.4) is 0 Å². The number of hydrogen-bond donors (Lipinski definition) is 2. The lowest BCUT2D eigenvalue weighted by Gasteiger charge is -2.32. The Morgan fingerprint density at radius 1 is 1.42 bits per heavy atom. The van der Waals surface area contributed by atoms with Crippen molar-refractivity contribution in [2.45, 2.75) is 25.8 Å². The molecule has 19 heavy (non-hydrogen) atoms. The number of likely N-dealkylation sites (tertiary alicyclic amines) is 1. The molecule has 2 N–H and O–H groups in total. The number of aliphatic hydroxyl groups is 2. The lowest BCUT2D eigenvalue weighted by atomic mass is 9.95. The van der Waals surface area contributed by atoms with Gasteiger partial charge in [0, 0.05) is 35.5 Å². The van der Waals surface area contributed by atoms with Gasteiger partial charge in [0.1, 0.15) is 6.61 Å². The van der Waals surface area contributed by atoms with Gasteiger partial charge in [-0.3, -0.25) is 4.90 Å². The molecule has 0 spiro atoms. The molecule has 1 atom stereocenters. The minimum Gasteiger partial charge on any atom is -0.396 e. The van der Waals surface area contributed by atoms with E-state index in [-0.39, 0.29) is 6.61 Å². The van der Waals surface area contributed by atoms with E-state index in [1.54, 1.807) is 11.3 Å². The monoisotopic (exact) mass is 279 g/mol. The third kappa shape index (κ3) is 4.63. The zero-order valence-corrected chi connectivity index (χ0v) is 12.0. The minimum absolute atomic E-state index is 0.0832. The molecule has 0 aromatic carbocycles. The van der Waals surface area contributed by atoms with E-state index < -0.39 is 0 Å². The van der Waals surface area contributed by atoms with Crippen LogP contribution in [0, 0.1) is 17.8 Å². The zero-order valence-electron chi connectivity index (χ0n) is 11.1. The minimum atomic E-state index is -0.0832. The van der Waals surface area contributed by atoms with Crippen molar-refractivity contribution in [1.29, 1.82) is 0 Å². The number of piperidine rings is 1. The first-order valence-corrected chi connectivity index (χ1v) is 7.70. The maximum absolute atomic E-state index is 9.03. The van der Waals surface area contributed by atoms with E-state index in [9.17, 15) is 0 Å². The molecule has 2 rings (SSSR count). The van der Waals surface area contributed by atoms with Gasteiger partial charge in [-0.2, -0.15) is 0 Å². The summed E-state index contributed by atoms with van der Waals surface area (Å²) in [6, 6.07) is 2.11. The fraction of sp³-hybridized carbons (Fsp3) is 0.600. The van der Waals surface area contributed by atoms with E-state index in [0.717, 1.165) is 31.6 Å². The summed E-state index contributed by atoms with van der Waals surface area (Å²) in [4.78, 5) is 3.80. The quantitative estimate of drug-likeness (QED) is 0.824. The number of hydrogen-bond acceptors (Lipinski definition) is 4. The Morgan fingerprint density at radius 2 is 2.32 bits per heavy atom. The van der Waals surface area contributed by atoms with Gasteiger partial charge in [-0.1, -0.05) is 11.8 Å². The lowest BCUT2D eigenvalue weighted by Crippen LogP contribution is -2.35. The number of aliphatic hydroxyl groups excluding tert-OH is 2. The van der Waals surface area contributed by atoms with Crippen LogP contribution in [0.5, 0.6) is 0 Å². The average molecular weight is 279 g/mol. The number of nitrogens with zero attached hydrogens (tertiary/aromatic N) is 1. The van der Waals surface area contributed by atoms with Gasteiger partial charge in [0.05, 0.1) is 0 Å². The normalized spacial score (nSPS) is 20.0. The highest BCUT2D eigenvalue weighted by atomic mass is 32.1.